The Morgan fingerprint density at radius 1 is 0.848 bits per heavy atom. The van der Waals surface area contributed by atoms with Crippen LogP contribution in [0.3, 0.4) is 0 Å². The molecule has 1 aromatic heterocycles. The minimum absolute atomic E-state index is 0.0405. The van der Waals surface area contributed by atoms with Crippen LogP contribution in [0.1, 0.15) is 31.9 Å². The lowest BCUT2D eigenvalue weighted by Crippen LogP contribution is -2.08. The quantitative estimate of drug-likeness (QED) is 0.330. The van der Waals surface area contributed by atoms with Gasteiger partial charge in [0.2, 0.25) is 15.6 Å². The summed E-state index contributed by atoms with van der Waals surface area (Å²) in [5, 5.41) is 3.53. The first-order valence-corrected chi connectivity index (χ1v) is 12.7. The number of nitrogens with one attached hydrogen (secondary N) is 1. The monoisotopic (exact) mass is 476 g/mol. The zero-order valence-corrected chi connectivity index (χ0v) is 20.2. The zero-order valence-electron chi connectivity index (χ0n) is 18.5. The lowest BCUT2D eigenvalue weighted by molar-refractivity contribution is 0.104. The lowest BCUT2D eigenvalue weighted by Gasteiger charge is -2.11. The Labute approximate surface area is 197 Å². The molecule has 0 aliphatic heterocycles. The molecule has 0 atom stereocenters. The van der Waals surface area contributed by atoms with Crippen LogP contribution < -0.4 is 11.1 Å². The number of rotatable bonds is 6. The summed E-state index contributed by atoms with van der Waals surface area (Å²) >= 11 is 1.06. The van der Waals surface area contributed by atoms with Gasteiger partial charge in [0.15, 0.2) is 0 Å². The normalized spacial score (nSPS) is 11.4. The molecule has 0 unspecified atom stereocenters. The molecule has 0 spiro atoms. The third-order valence-corrected chi connectivity index (χ3v) is 8.32. The number of hydrogen-bond acceptors (Lipinski definition) is 6. The average Bonchev–Trinajstić information content (AvgIpc) is 3.09. The van der Waals surface area contributed by atoms with Gasteiger partial charge in [0.25, 0.3) is 0 Å². The molecule has 3 N–H and O–H groups in total. The number of sulfone groups is 1. The van der Waals surface area contributed by atoms with Crippen LogP contribution >= 0.6 is 11.3 Å². The van der Waals surface area contributed by atoms with Crippen molar-refractivity contribution in [1.82, 2.24) is 0 Å². The molecule has 0 aliphatic carbocycles. The number of aryl methyl sites for hydroxylation is 3. The first-order chi connectivity index (χ1) is 15.7. The van der Waals surface area contributed by atoms with Crippen molar-refractivity contribution in [2.75, 3.05) is 11.1 Å². The van der Waals surface area contributed by atoms with Gasteiger partial charge in [-0.2, -0.15) is 0 Å². The van der Waals surface area contributed by atoms with E-state index in [9.17, 15) is 13.2 Å². The maximum atomic E-state index is 13.7. The van der Waals surface area contributed by atoms with E-state index in [0.717, 1.165) is 33.7 Å². The highest BCUT2D eigenvalue weighted by molar-refractivity contribution is 7.92. The summed E-state index contributed by atoms with van der Waals surface area (Å²) < 4.78 is 27.3. The number of hydrogen-bond donors (Lipinski definition) is 2. The predicted octanol–water partition coefficient (Wildman–Crippen LogP) is 6.06. The van der Waals surface area contributed by atoms with Crippen LogP contribution in [0, 0.1) is 20.8 Å². The number of nitrogen functional groups attached to an aromatic ring is 1. The Bertz CT molecular complexity index is 1420. The molecule has 168 valence electrons. The van der Waals surface area contributed by atoms with Crippen molar-refractivity contribution in [3.8, 4) is 0 Å². The fourth-order valence-corrected chi connectivity index (χ4v) is 6.61. The van der Waals surface area contributed by atoms with Crippen LogP contribution in [0.2, 0.25) is 0 Å². The van der Waals surface area contributed by atoms with Crippen LogP contribution in [-0.4, -0.2) is 14.2 Å². The van der Waals surface area contributed by atoms with E-state index in [1.54, 1.807) is 48.5 Å². The van der Waals surface area contributed by atoms with Gasteiger partial charge in [-0.25, -0.2) is 8.42 Å². The number of carbonyl (C=O) groups excluding carboxylic acids is 1. The maximum Gasteiger partial charge on any atom is 0.211 e. The fourth-order valence-electron chi connectivity index (χ4n) is 3.68. The van der Waals surface area contributed by atoms with Crippen molar-refractivity contribution >= 4 is 43.3 Å². The highest BCUT2D eigenvalue weighted by atomic mass is 32.2. The van der Waals surface area contributed by atoms with Crippen molar-refractivity contribution in [3.63, 3.8) is 0 Å². The highest BCUT2D eigenvalue weighted by Crippen LogP contribution is 2.44. The number of benzene rings is 3. The molecule has 1 heterocycles. The van der Waals surface area contributed by atoms with Crippen LogP contribution in [0.15, 0.2) is 82.6 Å². The number of ketones is 1. The number of thiophene rings is 1. The van der Waals surface area contributed by atoms with E-state index in [-0.39, 0.29) is 26.1 Å². The topological polar surface area (TPSA) is 89.3 Å². The SMILES string of the molecule is Cc1ccc(S(=O)(=O)c2c(Nc3cc(C)cc(C)c3)sc(C(=O)c3ccccc3)c2N)cc1. The smallest absolute Gasteiger partial charge is 0.211 e. The Balaban J connectivity index is 1.90. The summed E-state index contributed by atoms with van der Waals surface area (Å²) in [4.78, 5) is 13.5. The summed E-state index contributed by atoms with van der Waals surface area (Å²) in [5.74, 6) is -0.313. The molecule has 0 saturated heterocycles. The van der Waals surface area contributed by atoms with Crippen molar-refractivity contribution < 1.29 is 13.2 Å². The molecule has 7 heteroatoms. The van der Waals surface area contributed by atoms with Gasteiger partial charge in [0.1, 0.15) is 14.8 Å². The molecule has 0 bridgehead atoms. The molecule has 4 aromatic rings. The minimum Gasteiger partial charge on any atom is -0.396 e. The van der Waals surface area contributed by atoms with Crippen molar-refractivity contribution in [3.05, 3.63) is 99.9 Å². The minimum atomic E-state index is -3.98. The van der Waals surface area contributed by atoms with E-state index < -0.39 is 9.84 Å². The molecule has 3 aromatic carbocycles. The summed E-state index contributed by atoms with van der Waals surface area (Å²) in [7, 11) is -3.98. The largest absolute Gasteiger partial charge is 0.396 e. The van der Waals surface area contributed by atoms with Crippen LogP contribution in [-0.2, 0) is 9.84 Å². The van der Waals surface area contributed by atoms with Crippen LogP contribution in [0.4, 0.5) is 16.4 Å². The van der Waals surface area contributed by atoms with E-state index in [1.807, 2.05) is 45.0 Å². The molecular formula is C26H24N2O3S2. The summed E-state index contributed by atoms with van der Waals surface area (Å²) in [6, 6.07) is 21.2. The molecule has 0 fully saturated rings. The first-order valence-electron chi connectivity index (χ1n) is 10.4. The Morgan fingerprint density at radius 3 is 2.06 bits per heavy atom. The molecule has 33 heavy (non-hydrogen) atoms. The van der Waals surface area contributed by atoms with Crippen molar-refractivity contribution in [1.29, 1.82) is 0 Å². The Morgan fingerprint density at radius 2 is 1.45 bits per heavy atom. The number of nitrogens with two attached hydrogens (primary N) is 1. The Hall–Kier alpha value is -3.42. The van der Waals surface area contributed by atoms with E-state index in [2.05, 4.69) is 5.32 Å². The molecule has 0 aliphatic rings. The van der Waals surface area contributed by atoms with Gasteiger partial charge >= 0.3 is 0 Å². The third kappa shape index (κ3) is 4.55. The van der Waals surface area contributed by atoms with E-state index in [4.69, 9.17) is 5.73 Å². The molecule has 5 nitrogen and oxygen atoms in total. The number of carbonyl (C=O) groups is 1. The summed E-state index contributed by atoms with van der Waals surface area (Å²) in [6.45, 7) is 5.82. The van der Waals surface area contributed by atoms with E-state index in [0.29, 0.717) is 10.6 Å². The third-order valence-electron chi connectivity index (χ3n) is 5.22. The van der Waals surface area contributed by atoms with E-state index >= 15 is 0 Å². The van der Waals surface area contributed by atoms with Gasteiger partial charge in [0.05, 0.1) is 10.6 Å². The number of anilines is 3. The van der Waals surface area contributed by atoms with Gasteiger partial charge in [-0.3, -0.25) is 4.79 Å². The average molecular weight is 477 g/mol. The van der Waals surface area contributed by atoms with E-state index in [1.165, 1.54) is 0 Å². The zero-order chi connectivity index (χ0) is 23.8. The van der Waals surface area contributed by atoms with Crippen LogP contribution in [0.25, 0.3) is 0 Å². The second kappa shape index (κ2) is 8.84. The second-order valence-corrected chi connectivity index (χ2v) is 10.9. The maximum absolute atomic E-state index is 13.7. The van der Waals surface area contributed by atoms with Gasteiger partial charge in [0, 0.05) is 11.3 Å². The van der Waals surface area contributed by atoms with Gasteiger partial charge in [-0.05, 0) is 56.2 Å². The standard InChI is InChI=1S/C26H24N2O3S2/c1-16-9-11-21(12-10-16)33(30,31)25-22(27)24(23(29)19-7-5-4-6-8-19)32-26(25)28-20-14-17(2)13-18(3)15-20/h4-15,28H,27H2,1-3H3. The summed E-state index contributed by atoms with van der Waals surface area (Å²) in [6.07, 6.45) is 0. The lowest BCUT2D eigenvalue weighted by atomic mass is 10.1. The molecule has 0 amide bonds. The molecule has 4 rings (SSSR count). The predicted molar refractivity (Wildman–Crippen MR) is 134 cm³/mol. The van der Waals surface area contributed by atoms with Crippen molar-refractivity contribution in [2.45, 2.75) is 30.6 Å². The molecular weight excluding hydrogens is 452 g/mol. The highest BCUT2D eigenvalue weighted by Gasteiger charge is 2.31. The van der Waals surface area contributed by atoms with Gasteiger partial charge in [-0.1, -0.05) is 54.1 Å². The summed E-state index contributed by atoms with van der Waals surface area (Å²) in [5.41, 5.74) is 10.5. The van der Waals surface area contributed by atoms with Crippen molar-refractivity contribution in [2.24, 2.45) is 0 Å². The fraction of sp³-hybridized carbons (Fsp3) is 0.115. The van der Waals surface area contributed by atoms with Gasteiger partial charge in [-0.15, -0.1) is 11.3 Å². The van der Waals surface area contributed by atoms with Gasteiger partial charge < -0.3 is 11.1 Å². The van der Waals surface area contributed by atoms with Crippen LogP contribution in [0.5, 0.6) is 0 Å². The molecule has 0 radical (unpaired) electrons. The first kappa shape index (κ1) is 22.8. The second-order valence-electron chi connectivity index (χ2n) is 8.02. The Kier molecular flexibility index (Phi) is 6.10. The molecule has 0 saturated carbocycles.